The van der Waals surface area contributed by atoms with Crippen molar-refractivity contribution >= 4 is 17.6 Å². The van der Waals surface area contributed by atoms with Gasteiger partial charge in [0.1, 0.15) is 17.6 Å². The minimum atomic E-state index is -0.708. The van der Waals surface area contributed by atoms with Crippen LogP contribution >= 0.6 is 0 Å². The Morgan fingerprint density at radius 3 is 2.53 bits per heavy atom. The van der Waals surface area contributed by atoms with Gasteiger partial charge in [-0.15, -0.1) is 0 Å². The molecule has 0 unspecified atom stereocenters. The van der Waals surface area contributed by atoms with E-state index in [1.54, 1.807) is 12.1 Å². The van der Waals surface area contributed by atoms with Gasteiger partial charge in [-0.25, -0.2) is 14.2 Å². The molecule has 2 aromatic carbocycles. The molecule has 0 N–H and O–H groups in total. The fraction of sp³-hybridized carbons (Fsp3) is 0.174. The van der Waals surface area contributed by atoms with Crippen LogP contribution in [0.2, 0.25) is 0 Å². The number of nitrogens with zero attached hydrogens (tertiary/aromatic N) is 2. The van der Waals surface area contributed by atoms with Gasteiger partial charge in [0.25, 0.3) is 5.91 Å². The zero-order chi connectivity index (χ0) is 21.1. The number of hydrogen-bond acceptors (Lipinski definition) is 5. The summed E-state index contributed by atoms with van der Waals surface area (Å²) < 4.78 is 23.6. The molecular formula is C23H19FN2O4. The second kappa shape index (κ2) is 8.32. The van der Waals surface area contributed by atoms with Crippen molar-refractivity contribution in [3.8, 4) is 0 Å². The molecule has 3 aromatic rings. The summed E-state index contributed by atoms with van der Waals surface area (Å²) in [5, 5.41) is 5.78. The normalized spacial score (nSPS) is 15.7. The number of esters is 1. The van der Waals surface area contributed by atoms with Crippen molar-refractivity contribution in [2.24, 2.45) is 5.10 Å². The molecule has 1 aliphatic rings. The number of furan rings is 1. The molecule has 4 rings (SSSR count). The topological polar surface area (TPSA) is 72.1 Å². The van der Waals surface area contributed by atoms with Gasteiger partial charge in [-0.1, -0.05) is 29.8 Å². The Balaban J connectivity index is 1.50. The van der Waals surface area contributed by atoms with E-state index in [2.05, 4.69) is 5.10 Å². The summed E-state index contributed by atoms with van der Waals surface area (Å²) in [6, 6.07) is 15.9. The average Bonchev–Trinajstić information content (AvgIpc) is 3.43. The predicted molar refractivity (Wildman–Crippen MR) is 107 cm³/mol. The molecule has 1 atom stereocenters. The molecule has 6 nitrogen and oxygen atoms in total. The maximum Gasteiger partial charge on any atom is 0.338 e. The van der Waals surface area contributed by atoms with E-state index in [4.69, 9.17) is 9.15 Å². The van der Waals surface area contributed by atoms with Crippen LogP contribution in [0, 0.1) is 12.7 Å². The molecule has 1 amide bonds. The third kappa shape index (κ3) is 4.15. The summed E-state index contributed by atoms with van der Waals surface area (Å²) in [5.41, 5.74) is 2.95. The maximum atomic E-state index is 13.0. The smallest absolute Gasteiger partial charge is 0.338 e. The minimum Gasteiger partial charge on any atom is -0.467 e. The Morgan fingerprint density at radius 2 is 1.87 bits per heavy atom. The van der Waals surface area contributed by atoms with E-state index in [1.165, 1.54) is 23.4 Å². The number of carbonyl (C=O) groups excluding carboxylic acids is 2. The number of amides is 1. The Morgan fingerprint density at radius 1 is 1.13 bits per heavy atom. The van der Waals surface area contributed by atoms with Crippen LogP contribution in [0.15, 0.2) is 76.4 Å². The van der Waals surface area contributed by atoms with E-state index in [-0.39, 0.29) is 5.56 Å². The molecule has 0 spiro atoms. The molecule has 2 heterocycles. The van der Waals surface area contributed by atoms with Crippen molar-refractivity contribution < 1.29 is 23.1 Å². The minimum absolute atomic E-state index is 0.164. The lowest BCUT2D eigenvalue weighted by molar-refractivity contribution is -0.136. The molecule has 0 radical (unpaired) electrons. The maximum absolute atomic E-state index is 13.0. The highest BCUT2D eigenvalue weighted by molar-refractivity contribution is 6.03. The molecule has 152 valence electrons. The molecule has 30 heavy (non-hydrogen) atoms. The molecule has 0 fully saturated rings. The largest absolute Gasteiger partial charge is 0.467 e. The average molecular weight is 406 g/mol. The third-order valence-electron chi connectivity index (χ3n) is 4.83. The van der Waals surface area contributed by atoms with E-state index in [1.807, 2.05) is 31.2 Å². The van der Waals surface area contributed by atoms with Gasteiger partial charge in [0.2, 0.25) is 0 Å². The lowest BCUT2D eigenvalue weighted by atomic mass is 10.0. The highest BCUT2D eigenvalue weighted by Gasteiger charge is 2.35. The Kier molecular flexibility index (Phi) is 5.43. The van der Waals surface area contributed by atoms with Crippen LogP contribution in [0.4, 0.5) is 4.39 Å². The summed E-state index contributed by atoms with van der Waals surface area (Å²) in [6.45, 7) is 1.51. The van der Waals surface area contributed by atoms with Crippen LogP contribution in [0.1, 0.15) is 39.7 Å². The monoisotopic (exact) mass is 406 g/mol. The Labute approximate surface area is 172 Å². The second-order valence-electron chi connectivity index (χ2n) is 6.97. The Hall–Kier alpha value is -3.74. The van der Waals surface area contributed by atoms with Crippen LogP contribution in [0.3, 0.4) is 0 Å². The van der Waals surface area contributed by atoms with Crippen molar-refractivity contribution in [2.45, 2.75) is 19.4 Å². The highest BCUT2D eigenvalue weighted by Crippen LogP contribution is 2.33. The number of hydrogen-bond donors (Lipinski definition) is 0. The zero-order valence-corrected chi connectivity index (χ0v) is 16.2. The van der Waals surface area contributed by atoms with Crippen molar-refractivity contribution in [2.75, 3.05) is 6.61 Å². The fourth-order valence-electron chi connectivity index (χ4n) is 3.23. The molecule has 0 bridgehead atoms. The van der Waals surface area contributed by atoms with E-state index in [0.717, 1.165) is 29.0 Å². The molecule has 7 heteroatoms. The van der Waals surface area contributed by atoms with Gasteiger partial charge in [-0.05, 0) is 48.9 Å². The first-order valence-electron chi connectivity index (χ1n) is 9.44. The van der Waals surface area contributed by atoms with Crippen LogP contribution < -0.4 is 0 Å². The summed E-state index contributed by atoms with van der Waals surface area (Å²) in [7, 11) is 0. The molecule has 1 aromatic heterocycles. The lowest BCUT2D eigenvalue weighted by Gasteiger charge is -2.19. The highest BCUT2D eigenvalue weighted by atomic mass is 19.1. The van der Waals surface area contributed by atoms with Crippen LogP contribution in [0.25, 0.3) is 0 Å². The van der Waals surface area contributed by atoms with E-state index < -0.39 is 30.3 Å². The van der Waals surface area contributed by atoms with Gasteiger partial charge in [0.05, 0.1) is 17.5 Å². The van der Waals surface area contributed by atoms with E-state index in [0.29, 0.717) is 12.2 Å². The number of ether oxygens (including phenoxy) is 1. The first-order chi connectivity index (χ1) is 14.5. The Bertz CT molecular complexity index is 1070. The van der Waals surface area contributed by atoms with Crippen molar-refractivity contribution in [3.05, 3.63) is 95.2 Å². The fourth-order valence-corrected chi connectivity index (χ4v) is 3.23. The van der Waals surface area contributed by atoms with E-state index >= 15 is 0 Å². The van der Waals surface area contributed by atoms with Gasteiger partial charge in [0, 0.05) is 6.42 Å². The molecule has 0 aliphatic carbocycles. The SMILES string of the molecule is Cc1ccc(C2=NN(C(=O)COC(=O)c3ccc(F)cc3)[C@@H](c3ccco3)C2)cc1. The summed E-state index contributed by atoms with van der Waals surface area (Å²) in [4.78, 5) is 24.9. The summed E-state index contributed by atoms with van der Waals surface area (Å²) >= 11 is 0. The van der Waals surface area contributed by atoms with Crippen LogP contribution in [-0.4, -0.2) is 29.2 Å². The van der Waals surface area contributed by atoms with Gasteiger partial charge in [-0.3, -0.25) is 4.79 Å². The number of carbonyl (C=O) groups is 2. The number of benzene rings is 2. The van der Waals surface area contributed by atoms with Crippen LogP contribution in [0.5, 0.6) is 0 Å². The lowest BCUT2D eigenvalue weighted by Crippen LogP contribution is -2.31. The number of aryl methyl sites for hydroxylation is 1. The number of halogens is 1. The number of hydrazone groups is 1. The molecular weight excluding hydrogens is 387 g/mol. The van der Waals surface area contributed by atoms with Crippen molar-refractivity contribution in [1.29, 1.82) is 0 Å². The standard InChI is InChI=1S/C23H19FN2O4/c1-15-4-6-16(7-5-15)19-13-20(21-3-2-12-29-21)26(25-19)22(27)14-30-23(28)17-8-10-18(24)11-9-17/h2-12,20H,13-14H2,1H3/t20-/m1/s1. The van der Waals surface area contributed by atoms with Gasteiger partial charge >= 0.3 is 5.97 Å². The first-order valence-corrected chi connectivity index (χ1v) is 9.44. The summed E-state index contributed by atoms with van der Waals surface area (Å²) in [6.07, 6.45) is 2.02. The van der Waals surface area contributed by atoms with Gasteiger partial charge < -0.3 is 9.15 Å². The van der Waals surface area contributed by atoms with Gasteiger partial charge in [0.15, 0.2) is 6.61 Å². The quantitative estimate of drug-likeness (QED) is 0.594. The molecule has 0 saturated heterocycles. The van der Waals surface area contributed by atoms with Crippen molar-refractivity contribution in [3.63, 3.8) is 0 Å². The first kappa shape index (κ1) is 19.6. The molecule has 1 aliphatic heterocycles. The van der Waals surface area contributed by atoms with Gasteiger partial charge in [-0.2, -0.15) is 5.10 Å². The predicted octanol–water partition coefficient (Wildman–Crippen LogP) is 4.26. The zero-order valence-electron chi connectivity index (χ0n) is 16.2. The van der Waals surface area contributed by atoms with E-state index in [9.17, 15) is 14.0 Å². The van der Waals surface area contributed by atoms with Crippen molar-refractivity contribution in [1.82, 2.24) is 5.01 Å². The third-order valence-corrected chi connectivity index (χ3v) is 4.83. The summed E-state index contributed by atoms with van der Waals surface area (Å²) in [5.74, 6) is -1.05. The second-order valence-corrected chi connectivity index (χ2v) is 6.97. The molecule has 0 saturated carbocycles. The van der Waals surface area contributed by atoms with Crippen LogP contribution in [-0.2, 0) is 9.53 Å². The number of rotatable bonds is 5.